The lowest BCUT2D eigenvalue weighted by Gasteiger charge is -2.31. The summed E-state index contributed by atoms with van der Waals surface area (Å²) in [5.74, 6) is -4.45. The summed E-state index contributed by atoms with van der Waals surface area (Å²) in [5, 5.41) is 8.01. The van der Waals surface area contributed by atoms with Crippen molar-refractivity contribution < 1.29 is 27.6 Å². The smallest absolute Gasteiger partial charge is 0.255 e. The number of carbonyl (C=O) groups is 3. The van der Waals surface area contributed by atoms with Gasteiger partial charge >= 0.3 is 0 Å². The summed E-state index contributed by atoms with van der Waals surface area (Å²) in [6, 6.07) is 10.3. The number of piperidine rings is 2. The van der Waals surface area contributed by atoms with Crippen molar-refractivity contribution in [2.45, 2.75) is 44.2 Å². The first-order valence-corrected chi connectivity index (χ1v) is 11.1. The average Bonchev–Trinajstić information content (AvgIpc) is 2.78. The van der Waals surface area contributed by atoms with Crippen molar-refractivity contribution in [2.24, 2.45) is 0 Å². The molecule has 2 saturated heterocycles. The van der Waals surface area contributed by atoms with Crippen molar-refractivity contribution in [3.63, 3.8) is 0 Å². The van der Waals surface area contributed by atoms with Gasteiger partial charge in [0.15, 0.2) is 0 Å². The van der Waals surface area contributed by atoms with E-state index in [4.69, 9.17) is 0 Å². The lowest BCUT2D eigenvalue weighted by Crippen LogP contribution is -2.47. The van der Waals surface area contributed by atoms with E-state index in [9.17, 15) is 27.6 Å². The van der Waals surface area contributed by atoms with Crippen LogP contribution < -0.4 is 16.0 Å². The first kappa shape index (κ1) is 23.7. The van der Waals surface area contributed by atoms with Gasteiger partial charge in [0.1, 0.15) is 11.9 Å². The minimum atomic E-state index is -2.66. The largest absolute Gasteiger partial charge is 0.374 e. The van der Waals surface area contributed by atoms with Gasteiger partial charge in [0, 0.05) is 61.4 Å². The fourth-order valence-electron chi connectivity index (χ4n) is 4.02. The zero-order valence-electron chi connectivity index (χ0n) is 18.4. The zero-order valence-corrected chi connectivity index (χ0v) is 18.4. The van der Waals surface area contributed by atoms with Crippen molar-refractivity contribution in [1.29, 1.82) is 0 Å². The second kappa shape index (κ2) is 9.84. The SMILES string of the molecule is O=C1CCC(Nc2cccc(NC(=O)c3ccc(CN4CCC(F)(F)CC4)c(F)c3)c2)C(=O)N1. The molecule has 180 valence electrons. The molecule has 1 atom stereocenters. The number of amides is 3. The maximum Gasteiger partial charge on any atom is 0.255 e. The van der Waals surface area contributed by atoms with E-state index in [1.807, 2.05) is 0 Å². The molecule has 0 bridgehead atoms. The Morgan fingerprint density at radius 3 is 2.53 bits per heavy atom. The number of nitrogens with one attached hydrogen (secondary N) is 3. The fourth-order valence-corrected chi connectivity index (χ4v) is 4.02. The molecular weight excluding hydrogens is 449 g/mol. The summed E-state index contributed by atoms with van der Waals surface area (Å²) in [7, 11) is 0. The van der Waals surface area contributed by atoms with Crippen LogP contribution in [-0.2, 0) is 16.1 Å². The summed E-state index contributed by atoms with van der Waals surface area (Å²) in [5.41, 5.74) is 1.49. The molecule has 0 spiro atoms. The number of hydrogen-bond acceptors (Lipinski definition) is 5. The summed E-state index contributed by atoms with van der Waals surface area (Å²) in [6.45, 7) is 0.591. The summed E-state index contributed by atoms with van der Waals surface area (Å²) in [4.78, 5) is 37.6. The van der Waals surface area contributed by atoms with Gasteiger partial charge < -0.3 is 10.6 Å². The molecule has 10 heteroatoms. The minimum Gasteiger partial charge on any atom is -0.374 e. The van der Waals surface area contributed by atoms with Crippen LogP contribution in [0.25, 0.3) is 0 Å². The van der Waals surface area contributed by atoms with E-state index in [1.54, 1.807) is 29.2 Å². The number of alkyl halides is 2. The average molecular weight is 474 g/mol. The van der Waals surface area contributed by atoms with Crippen LogP contribution in [-0.4, -0.2) is 47.7 Å². The lowest BCUT2D eigenvalue weighted by atomic mass is 10.0. The van der Waals surface area contributed by atoms with E-state index in [1.165, 1.54) is 12.1 Å². The number of imide groups is 1. The lowest BCUT2D eigenvalue weighted by molar-refractivity contribution is -0.133. The van der Waals surface area contributed by atoms with E-state index >= 15 is 0 Å². The number of halogens is 3. The normalized spacial score (nSPS) is 20.5. The molecule has 1 unspecified atom stereocenters. The number of carbonyl (C=O) groups excluding carboxylic acids is 3. The number of rotatable bonds is 6. The van der Waals surface area contributed by atoms with Crippen LogP contribution in [0.15, 0.2) is 42.5 Å². The molecule has 0 radical (unpaired) electrons. The third kappa shape index (κ3) is 5.93. The summed E-state index contributed by atoms with van der Waals surface area (Å²) < 4.78 is 41.2. The molecule has 2 aliphatic rings. The molecule has 2 aliphatic heterocycles. The predicted molar refractivity (Wildman–Crippen MR) is 120 cm³/mol. The Hall–Kier alpha value is -3.40. The Bertz CT molecular complexity index is 1100. The van der Waals surface area contributed by atoms with Crippen molar-refractivity contribution >= 4 is 29.1 Å². The first-order chi connectivity index (χ1) is 16.2. The van der Waals surface area contributed by atoms with Gasteiger partial charge in [-0.25, -0.2) is 13.2 Å². The first-order valence-electron chi connectivity index (χ1n) is 11.1. The van der Waals surface area contributed by atoms with Gasteiger partial charge in [0.05, 0.1) is 0 Å². The topological polar surface area (TPSA) is 90.5 Å². The second-order valence-corrected chi connectivity index (χ2v) is 8.62. The number of hydrogen-bond donors (Lipinski definition) is 3. The van der Waals surface area contributed by atoms with Gasteiger partial charge in [0.2, 0.25) is 11.8 Å². The Labute approximate surface area is 194 Å². The number of likely N-dealkylation sites (tertiary alicyclic amines) is 1. The van der Waals surface area contributed by atoms with Crippen LogP contribution in [0.4, 0.5) is 24.5 Å². The van der Waals surface area contributed by atoms with E-state index in [2.05, 4.69) is 16.0 Å². The highest BCUT2D eigenvalue weighted by Crippen LogP contribution is 2.28. The zero-order chi connectivity index (χ0) is 24.3. The van der Waals surface area contributed by atoms with E-state index in [0.29, 0.717) is 23.4 Å². The Balaban J connectivity index is 1.36. The standard InChI is InChI=1S/C24H25F3N4O3/c25-19-12-15(4-5-16(19)14-31-10-8-24(26,27)9-11-31)22(33)29-18-3-1-2-17(13-18)28-20-6-7-21(32)30-23(20)34/h1-5,12-13,20,28H,6-11,14H2,(H,29,33)(H,30,32,34). The third-order valence-electron chi connectivity index (χ3n) is 6.00. The van der Waals surface area contributed by atoms with Crippen molar-refractivity contribution in [3.8, 4) is 0 Å². The number of benzene rings is 2. The second-order valence-electron chi connectivity index (χ2n) is 8.62. The van der Waals surface area contributed by atoms with Crippen molar-refractivity contribution in [3.05, 3.63) is 59.4 Å². The van der Waals surface area contributed by atoms with Gasteiger partial charge in [-0.05, 0) is 36.8 Å². The molecule has 3 amide bonds. The van der Waals surface area contributed by atoms with Crippen LogP contribution in [0.3, 0.4) is 0 Å². The molecule has 0 aromatic heterocycles. The Kier molecular flexibility index (Phi) is 6.87. The highest BCUT2D eigenvalue weighted by atomic mass is 19.3. The molecule has 2 fully saturated rings. The molecule has 3 N–H and O–H groups in total. The molecule has 2 aromatic rings. The Morgan fingerprint density at radius 1 is 1.09 bits per heavy atom. The summed E-state index contributed by atoms with van der Waals surface area (Å²) >= 11 is 0. The molecular formula is C24H25F3N4O3. The van der Waals surface area contributed by atoms with E-state index in [0.717, 1.165) is 6.07 Å². The molecule has 7 nitrogen and oxygen atoms in total. The van der Waals surface area contributed by atoms with E-state index < -0.39 is 29.6 Å². The third-order valence-corrected chi connectivity index (χ3v) is 6.00. The molecule has 2 heterocycles. The van der Waals surface area contributed by atoms with Crippen LogP contribution in [0.5, 0.6) is 0 Å². The molecule has 0 saturated carbocycles. The van der Waals surface area contributed by atoms with Crippen LogP contribution >= 0.6 is 0 Å². The highest BCUT2D eigenvalue weighted by Gasteiger charge is 2.34. The van der Waals surface area contributed by atoms with E-state index in [-0.39, 0.29) is 50.4 Å². The molecule has 34 heavy (non-hydrogen) atoms. The van der Waals surface area contributed by atoms with Gasteiger partial charge in [-0.1, -0.05) is 12.1 Å². The Morgan fingerprint density at radius 2 is 1.82 bits per heavy atom. The monoisotopic (exact) mass is 474 g/mol. The van der Waals surface area contributed by atoms with Crippen LogP contribution in [0, 0.1) is 5.82 Å². The van der Waals surface area contributed by atoms with Gasteiger partial charge in [-0.15, -0.1) is 0 Å². The molecule has 0 aliphatic carbocycles. The van der Waals surface area contributed by atoms with Crippen LogP contribution in [0.1, 0.15) is 41.6 Å². The van der Waals surface area contributed by atoms with Crippen molar-refractivity contribution in [2.75, 3.05) is 23.7 Å². The quantitative estimate of drug-likeness (QED) is 0.558. The van der Waals surface area contributed by atoms with Gasteiger partial charge in [-0.2, -0.15) is 0 Å². The highest BCUT2D eigenvalue weighted by molar-refractivity contribution is 6.04. The maximum absolute atomic E-state index is 14.6. The van der Waals surface area contributed by atoms with Crippen molar-refractivity contribution in [1.82, 2.24) is 10.2 Å². The number of anilines is 2. The molecule has 4 rings (SSSR count). The van der Waals surface area contributed by atoms with Crippen LogP contribution in [0.2, 0.25) is 0 Å². The number of nitrogens with zero attached hydrogens (tertiary/aromatic N) is 1. The summed E-state index contributed by atoms with van der Waals surface area (Å²) in [6.07, 6.45) is 0.123. The fraction of sp³-hybridized carbons (Fsp3) is 0.375. The van der Waals surface area contributed by atoms with Gasteiger partial charge in [0.25, 0.3) is 11.8 Å². The predicted octanol–water partition coefficient (Wildman–Crippen LogP) is 3.53. The minimum absolute atomic E-state index is 0.120. The maximum atomic E-state index is 14.6. The molecule has 2 aromatic carbocycles. The van der Waals surface area contributed by atoms with Gasteiger partial charge in [-0.3, -0.25) is 24.6 Å².